The number of ether oxygens (including phenoxy) is 1. The Hall–Kier alpha value is -6.53. The summed E-state index contributed by atoms with van der Waals surface area (Å²) in [7, 11) is 3.65. The first-order chi connectivity index (χ1) is 35.7. The van der Waals surface area contributed by atoms with Crippen molar-refractivity contribution in [2.24, 2.45) is 25.9 Å². The standard InChI is InChI=1S/C25H23BrClFN6O3.C20H22ClFN4O.C5H2BrFN2O2/c1-14(37-22-8-18(26)10-29-25(22)34(35)36)21-9-19(28)5-6-20(21)23-16(12-32(2)30-23)7-17-13-33(31-24(17)27)11-15-3-4-15;1-12(27)18-8-16(22)5-6-17(18)19-14(10-25(2)23-19)7-15-11-26(24-20(15)21)9-13-3-4-13;6-3-1-4(7)5(8-2-3)9(10)11/h5-6,8-10,12-15H,3-4,7,11H2,1-2H3;5-6,8,10-13,27H,3-4,7,9H2,1-2H3;1-2H/t14-;12-;/m11./s1. The number of hydrogen-bond donors (Lipinski definition) is 1. The van der Waals surface area contributed by atoms with Gasteiger partial charge in [-0.25, -0.2) is 8.78 Å². The first-order valence-corrected chi connectivity index (χ1v) is 25.7. The molecule has 10 rings (SSSR count). The van der Waals surface area contributed by atoms with Crippen LogP contribution in [0.3, 0.4) is 0 Å². The van der Waals surface area contributed by atoms with Gasteiger partial charge in [-0.2, -0.15) is 24.8 Å². The molecule has 8 aromatic rings. The molecule has 18 nitrogen and oxygen atoms in total. The zero-order valence-corrected chi connectivity index (χ0v) is 45.2. The van der Waals surface area contributed by atoms with Crippen LogP contribution in [0.1, 0.15) is 85.1 Å². The Kier molecular flexibility index (Phi) is 17.2. The highest BCUT2D eigenvalue weighted by Crippen LogP contribution is 2.38. The molecule has 0 saturated heterocycles. The number of aryl methyl sites for hydroxylation is 2. The van der Waals surface area contributed by atoms with Crippen molar-refractivity contribution in [2.45, 2.75) is 77.7 Å². The van der Waals surface area contributed by atoms with Crippen LogP contribution >= 0.6 is 55.1 Å². The predicted octanol–water partition coefficient (Wildman–Crippen LogP) is 12.3. The first-order valence-electron chi connectivity index (χ1n) is 23.4. The van der Waals surface area contributed by atoms with Gasteiger partial charge in [0.15, 0.2) is 22.7 Å². The van der Waals surface area contributed by atoms with Gasteiger partial charge >= 0.3 is 11.6 Å². The minimum Gasteiger partial charge on any atom is -0.478 e. The molecule has 0 amide bonds. The van der Waals surface area contributed by atoms with Crippen molar-refractivity contribution in [2.75, 3.05) is 0 Å². The van der Waals surface area contributed by atoms with E-state index in [-0.39, 0.29) is 11.6 Å². The van der Waals surface area contributed by atoms with Gasteiger partial charge in [-0.15, -0.1) is 0 Å². The van der Waals surface area contributed by atoms with E-state index in [4.69, 9.17) is 27.9 Å². The van der Waals surface area contributed by atoms with Crippen molar-refractivity contribution in [3.05, 3.63) is 176 Å². The fourth-order valence-corrected chi connectivity index (χ4v) is 9.28. The molecule has 2 aliphatic rings. The van der Waals surface area contributed by atoms with E-state index in [0.717, 1.165) is 58.6 Å². The number of pyridine rings is 2. The van der Waals surface area contributed by atoms with Crippen LogP contribution in [-0.2, 0) is 40.0 Å². The second-order valence-corrected chi connectivity index (χ2v) is 20.8. The zero-order chi connectivity index (χ0) is 53.8. The molecule has 75 heavy (non-hydrogen) atoms. The number of nitro groups is 2. The topological polar surface area (TPSA) is 213 Å². The maximum absolute atomic E-state index is 14.4. The lowest BCUT2D eigenvalue weighted by Gasteiger charge is -2.18. The largest absolute Gasteiger partial charge is 0.478 e. The van der Waals surface area contributed by atoms with E-state index in [0.29, 0.717) is 60.4 Å². The summed E-state index contributed by atoms with van der Waals surface area (Å²) >= 11 is 19.0. The summed E-state index contributed by atoms with van der Waals surface area (Å²) < 4.78 is 54.7. The molecule has 0 unspecified atom stereocenters. The molecule has 2 aromatic carbocycles. The molecule has 1 N–H and O–H groups in total. The number of aliphatic hydroxyl groups excluding tert-OH is 1. The molecule has 25 heteroatoms. The van der Waals surface area contributed by atoms with E-state index in [1.54, 1.807) is 35.3 Å². The Morgan fingerprint density at radius 1 is 0.680 bits per heavy atom. The Bertz CT molecular complexity index is 3400. The number of aliphatic hydroxyl groups is 1. The Morgan fingerprint density at radius 3 is 1.59 bits per heavy atom. The van der Waals surface area contributed by atoms with E-state index in [2.05, 4.69) is 62.2 Å². The van der Waals surface area contributed by atoms with Crippen LogP contribution in [0.5, 0.6) is 5.75 Å². The molecule has 2 atom stereocenters. The first kappa shape index (κ1) is 54.7. The third-order valence-electron chi connectivity index (χ3n) is 12.1. The smallest absolute Gasteiger partial charge is 0.406 e. The summed E-state index contributed by atoms with van der Waals surface area (Å²) in [6.07, 6.45) is 14.7. The molecular formula is C50H47Br2Cl2F3N12O6. The fourth-order valence-electron chi connectivity index (χ4n) is 8.24. The van der Waals surface area contributed by atoms with Gasteiger partial charge in [0.25, 0.3) is 0 Å². The highest BCUT2D eigenvalue weighted by molar-refractivity contribution is 9.10. The van der Waals surface area contributed by atoms with E-state index in [1.807, 2.05) is 48.2 Å². The van der Waals surface area contributed by atoms with Crippen molar-refractivity contribution in [3.8, 4) is 28.3 Å². The highest BCUT2D eigenvalue weighted by atomic mass is 79.9. The van der Waals surface area contributed by atoms with E-state index in [9.17, 15) is 38.5 Å². The Labute approximate surface area is 454 Å². The van der Waals surface area contributed by atoms with Gasteiger partial charge in [0.2, 0.25) is 11.6 Å². The van der Waals surface area contributed by atoms with Gasteiger partial charge in [-0.05, 0) is 145 Å². The SMILES string of the molecule is C[C@@H](O)c1cc(F)ccc1-c1nn(C)cc1Cc1cn(CC2CC2)nc1Cl.C[C@@H](Oc1cc(Br)cnc1[N+](=O)[O-])c1cc(F)ccc1-c1nn(C)cc1Cc1cn(CC2CC2)nc1Cl.O=[N+]([O-])c1ncc(Br)cc1F. The lowest BCUT2D eigenvalue weighted by atomic mass is 9.96. The molecule has 0 bridgehead atoms. The predicted molar refractivity (Wildman–Crippen MR) is 280 cm³/mol. The van der Waals surface area contributed by atoms with Gasteiger partial charge in [-0.1, -0.05) is 23.2 Å². The van der Waals surface area contributed by atoms with Crippen LogP contribution in [0.2, 0.25) is 10.3 Å². The molecular weight excluding hydrogens is 1150 g/mol. The third-order valence-corrected chi connectivity index (χ3v) is 13.6. The fraction of sp³-hybridized carbons (Fsp3) is 0.320. The van der Waals surface area contributed by atoms with Crippen molar-refractivity contribution >= 4 is 66.7 Å². The second kappa shape index (κ2) is 23.6. The summed E-state index contributed by atoms with van der Waals surface area (Å²) in [5.41, 5.74) is 7.40. The number of benzene rings is 2. The molecule has 6 aromatic heterocycles. The number of nitrogens with zero attached hydrogens (tertiary/aromatic N) is 12. The monoisotopic (exact) mass is 1200 g/mol. The molecule has 2 saturated carbocycles. The van der Waals surface area contributed by atoms with Crippen LogP contribution < -0.4 is 4.74 Å². The van der Waals surface area contributed by atoms with Crippen molar-refractivity contribution in [1.29, 1.82) is 0 Å². The Balaban J connectivity index is 0.000000171. The van der Waals surface area contributed by atoms with Crippen LogP contribution in [0.4, 0.5) is 24.8 Å². The normalized spacial score (nSPS) is 13.9. The molecule has 2 aliphatic carbocycles. The molecule has 0 radical (unpaired) electrons. The summed E-state index contributed by atoms with van der Waals surface area (Å²) in [5.74, 6) is -1.61. The summed E-state index contributed by atoms with van der Waals surface area (Å²) in [6, 6.07) is 11.2. The van der Waals surface area contributed by atoms with Gasteiger partial charge in [0, 0.05) is 116 Å². The summed E-state index contributed by atoms with van der Waals surface area (Å²) in [4.78, 5) is 27.1. The number of aromatic nitrogens is 10. The number of hydrogen-bond acceptors (Lipinski definition) is 12. The highest BCUT2D eigenvalue weighted by Gasteiger charge is 2.27. The average molecular weight is 1200 g/mol. The van der Waals surface area contributed by atoms with E-state index >= 15 is 0 Å². The molecule has 6 heterocycles. The van der Waals surface area contributed by atoms with Crippen molar-refractivity contribution in [3.63, 3.8) is 0 Å². The van der Waals surface area contributed by atoms with Gasteiger partial charge < -0.3 is 30.1 Å². The van der Waals surface area contributed by atoms with E-state index in [1.165, 1.54) is 68.4 Å². The van der Waals surface area contributed by atoms with Crippen molar-refractivity contribution in [1.82, 2.24) is 49.1 Å². The zero-order valence-electron chi connectivity index (χ0n) is 40.5. The van der Waals surface area contributed by atoms with Gasteiger partial charge in [0.1, 0.15) is 17.7 Å². The van der Waals surface area contributed by atoms with E-state index < -0.39 is 45.3 Å². The third kappa shape index (κ3) is 14.0. The molecule has 0 aliphatic heterocycles. The average Bonchev–Trinajstić information content (AvgIpc) is 4.20. The lowest BCUT2D eigenvalue weighted by molar-refractivity contribution is -0.392. The number of halogens is 7. The molecule has 392 valence electrons. The Morgan fingerprint density at radius 2 is 1.13 bits per heavy atom. The summed E-state index contributed by atoms with van der Waals surface area (Å²) in [6.45, 7) is 5.08. The maximum atomic E-state index is 14.4. The second-order valence-electron chi connectivity index (χ2n) is 18.3. The minimum atomic E-state index is -0.940. The maximum Gasteiger partial charge on any atom is 0.406 e. The lowest BCUT2D eigenvalue weighted by Crippen LogP contribution is -2.08. The molecule has 0 spiro atoms. The summed E-state index contributed by atoms with van der Waals surface area (Å²) in [5, 5.41) is 50.6. The van der Waals surface area contributed by atoms with Crippen molar-refractivity contribution < 1.29 is 32.9 Å². The molecule has 2 fully saturated rings. The minimum absolute atomic E-state index is 0.0295. The van der Waals surface area contributed by atoms with Crippen LogP contribution in [0.25, 0.3) is 22.5 Å². The van der Waals surface area contributed by atoms with Gasteiger partial charge in [-0.3, -0.25) is 18.7 Å². The van der Waals surface area contributed by atoms with Gasteiger partial charge in [0.05, 0.1) is 26.4 Å². The van der Waals surface area contributed by atoms with Crippen LogP contribution in [-0.4, -0.2) is 64.0 Å². The van der Waals surface area contributed by atoms with Crippen LogP contribution in [0.15, 0.2) is 94.7 Å². The van der Waals surface area contributed by atoms with Crippen LogP contribution in [0, 0.1) is 49.5 Å². The quantitative estimate of drug-likeness (QED) is 0.0707. The number of rotatable bonds is 16.